The van der Waals surface area contributed by atoms with Gasteiger partial charge in [0.15, 0.2) is 5.78 Å². The molecule has 7 heteroatoms. The maximum absolute atomic E-state index is 11.9. The van der Waals surface area contributed by atoms with Gasteiger partial charge in [0.2, 0.25) is 0 Å². The lowest BCUT2D eigenvalue weighted by Gasteiger charge is -2.45. The van der Waals surface area contributed by atoms with Crippen molar-refractivity contribution >= 4 is 28.7 Å². The summed E-state index contributed by atoms with van der Waals surface area (Å²) in [6, 6.07) is 3.82. The number of nitrogens with one attached hydrogen (secondary N) is 1. The number of aromatic nitrogens is 1. The molecule has 0 aliphatic carbocycles. The first-order chi connectivity index (χ1) is 14.2. The average Bonchev–Trinajstić information content (AvgIpc) is 3.04. The predicted octanol–water partition coefficient (Wildman–Crippen LogP) is 4.07. The maximum atomic E-state index is 11.9. The van der Waals surface area contributed by atoms with Gasteiger partial charge in [-0.2, -0.15) is 0 Å². The quantitative estimate of drug-likeness (QED) is 0.598. The van der Waals surface area contributed by atoms with Crippen LogP contribution >= 0.6 is 0 Å². The number of benzene rings is 1. The highest BCUT2D eigenvalue weighted by Gasteiger charge is 2.42. The lowest BCUT2D eigenvalue weighted by atomic mass is 9.96. The number of aldehydes is 1. The van der Waals surface area contributed by atoms with E-state index >= 15 is 0 Å². The molecule has 0 atom stereocenters. The smallest absolute Gasteiger partial charge is 0.161 e. The lowest BCUT2D eigenvalue weighted by molar-refractivity contribution is -0.108. The van der Waals surface area contributed by atoms with Crippen LogP contribution in [0.2, 0.25) is 0 Å². The van der Waals surface area contributed by atoms with E-state index < -0.39 is 0 Å². The van der Waals surface area contributed by atoms with Gasteiger partial charge in [-0.25, -0.2) is 0 Å². The standard InChI is InChI=1S/C16H16N2O4.C5H12O.C2H6/c1-10(20)12-6-18(2-3-19)14-5-15-13(4-11(12)14)17-16(9-22-15)7-21-8-16;1-5(2,3)6-4;1-2/h3-6,17H,2,7-9H2,1H3;1-4H3;1-2H3. The Bertz CT molecular complexity index is 891. The van der Waals surface area contributed by atoms with Crippen molar-refractivity contribution in [3.8, 4) is 5.75 Å². The SMILES string of the molecule is CC.CC(=O)c1cn(CC=O)c2cc3c(cc12)NC1(COC1)CO3.COC(C)(C)C. The summed E-state index contributed by atoms with van der Waals surface area (Å²) in [5, 5.41) is 4.30. The molecule has 1 N–H and O–H groups in total. The van der Waals surface area contributed by atoms with Gasteiger partial charge in [-0.15, -0.1) is 0 Å². The molecule has 0 saturated carbocycles. The number of Topliss-reactive ketones (excluding diaryl/α,β-unsaturated/α-hetero) is 1. The number of carbonyl (C=O) groups excluding carboxylic acids is 2. The van der Waals surface area contributed by atoms with E-state index in [0.29, 0.717) is 25.4 Å². The van der Waals surface area contributed by atoms with Crippen LogP contribution in [-0.4, -0.2) is 54.7 Å². The summed E-state index contributed by atoms with van der Waals surface area (Å²) in [4.78, 5) is 22.7. The number of nitrogens with zero attached hydrogens (tertiary/aromatic N) is 1. The zero-order chi connectivity index (χ0) is 22.5. The summed E-state index contributed by atoms with van der Waals surface area (Å²) >= 11 is 0. The molecule has 7 nitrogen and oxygen atoms in total. The number of anilines is 1. The molecule has 2 aromatic rings. The van der Waals surface area contributed by atoms with Gasteiger partial charge in [0, 0.05) is 30.3 Å². The summed E-state index contributed by atoms with van der Waals surface area (Å²) < 4.78 is 17.9. The molecule has 30 heavy (non-hydrogen) atoms. The first-order valence-electron chi connectivity index (χ1n) is 10.3. The molecule has 2 aliphatic rings. The van der Waals surface area contributed by atoms with Crippen molar-refractivity contribution in [1.29, 1.82) is 0 Å². The highest BCUT2D eigenvalue weighted by atomic mass is 16.5. The van der Waals surface area contributed by atoms with E-state index in [1.54, 1.807) is 17.9 Å². The van der Waals surface area contributed by atoms with Crippen molar-refractivity contribution in [2.75, 3.05) is 32.2 Å². The fourth-order valence-electron chi connectivity index (χ4n) is 3.09. The van der Waals surface area contributed by atoms with Gasteiger partial charge in [0.25, 0.3) is 0 Å². The number of fused-ring (bicyclic) bond motifs is 2. The minimum atomic E-state index is -0.150. The van der Waals surface area contributed by atoms with Crippen molar-refractivity contribution in [2.45, 2.75) is 59.2 Å². The zero-order valence-corrected chi connectivity index (χ0v) is 19.1. The van der Waals surface area contributed by atoms with Crippen LogP contribution in [-0.2, 0) is 20.8 Å². The maximum Gasteiger partial charge on any atom is 0.161 e. The molecule has 1 spiro atoms. The fourth-order valence-corrected chi connectivity index (χ4v) is 3.09. The Balaban J connectivity index is 0.000000348. The third kappa shape index (κ3) is 5.21. The van der Waals surface area contributed by atoms with E-state index in [1.165, 1.54) is 6.92 Å². The van der Waals surface area contributed by atoms with Crippen molar-refractivity contribution < 1.29 is 23.8 Å². The number of methoxy groups -OCH3 is 1. The highest BCUT2D eigenvalue weighted by Crippen LogP contribution is 2.39. The predicted molar refractivity (Wildman–Crippen MR) is 119 cm³/mol. The van der Waals surface area contributed by atoms with E-state index in [4.69, 9.17) is 14.2 Å². The first-order valence-corrected chi connectivity index (χ1v) is 10.3. The Morgan fingerprint density at radius 2 is 1.90 bits per heavy atom. The third-order valence-electron chi connectivity index (χ3n) is 4.91. The number of hydrogen-bond donors (Lipinski definition) is 1. The second kappa shape index (κ2) is 9.62. The number of carbonyl (C=O) groups is 2. The largest absolute Gasteiger partial charge is 0.489 e. The third-order valence-corrected chi connectivity index (χ3v) is 4.91. The van der Waals surface area contributed by atoms with Crippen LogP contribution in [0, 0.1) is 0 Å². The summed E-state index contributed by atoms with van der Waals surface area (Å²) in [5.74, 6) is 0.721. The van der Waals surface area contributed by atoms with E-state index in [0.717, 1.165) is 28.6 Å². The summed E-state index contributed by atoms with van der Waals surface area (Å²) in [6.07, 6.45) is 2.55. The molecule has 1 aromatic carbocycles. The van der Waals surface area contributed by atoms with Crippen molar-refractivity contribution in [1.82, 2.24) is 4.57 Å². The molecule has 0 radical (unpaired) electrons. The normalized spacial score (nSPS) is 16.0. The van der Waals surface area contributed by atoms with Crippen LogP contribution < -0.4 is 10.1 Å². The van der Waals surface area contributed by atoms with E-state index in [1.807, 2.05) is 46.8 Å². The topological polar surface area (TPSA) is 78.8 Å². The Morgan fingerprint density at radius 3 is 2.37 bits per heavy atom. The fraction of sp³-hybridized carbons (Fsp3) is 0.565. The molecule has 0 unspecified atom stereocenters. The number of rotatable bonds is 3. The van der Waals surface area contributed by atoms with Gasteiger partial charge in [-0.3, -0.25) is 4.79 Å². The molecular weight excluding hydrogens is 384 g/mol. The Hall–Kier alpha value is -2.38. The van der Waals surface area contributed by atoms with Gasteiger partial charge in [-0.05, 0) is 33.8 Å². The number of ketones is 1. The molecular formula is C23H34N2O5. The van der Waals surface area contributed by atoms with Crippen molar-refractivity contribution in [3.05, 3.63) is 23.9 Å². The van der Waals surface area contributed by atoms with Gasteiger partial charge < -0.3 is 28.9 Å². The van der Waals surface area contributed by atoms with E-state index in [9.17, 15) is 9.59 Å². The molecule has 166 valence electrons. The zero-order valence-electron chi connectivity index (χ0n) is 19.1. The minimum Gasteiger partial charge on any atom is -0.489 e. The van der Waals surface area contributed by atoms with Crippen LogP contribution in [0.25, 0.3) is 10.9 Å². The van der Waals surface area contributed by atoms with E-state index in [-0.39, 0.29) is 23.5 Å². The van der Waals surface area contributed by atoms with Gasteiger partial charge in [0.1, 0.15) is 24.2 Å². The highest BCUT2D eigenvalue weighted by molar-refractivity contribution is 6.08. The molecule has 3 heterocycles. The molecule has 1 saturated heterocycles. The van der Waals surface area contributed by atoms with Gasteiger partial charge in [-0.1, -0.05) is 13.8 Å². The van der Waals surface area contributed by atoms with Gasteiger partial charge >= 0.3 is 0 Å². The summed E-state index contributed by atoms with van der Waals surface area (Å²) in [5.41, 5.74) is 2.21. The molecule has 0 bridgehead atoms. The Labute approximate surface area is 178 Å². The van der Waals surface area contributed by atoms with Crippen molar-refractivity contribution in [3.63, 3.8) is 0 Å². The molecule has 1 fully saturated rings. The molecule has 0 amide bonds. The Kier molecular flexibility index (Phi) is 7.66. The second-order valence-electron chi connectivity index (χ2n) is 8.29. The number of hydrogen-bond acceptors (Lipinski definition) is 6. The molecule has 2 aliphatic heterocycles. The van der Waals surface area contributed by atoms with Crippen LogP contribution in [0.3, 0.4) is 0 Å². The van der Waals surface area contributed by atoms with Crippen LogP contribution in [0.4, 0.5) is 5.69 Å². The number of ether oxygens (including phenoxy) is 3. The molecule has 1 aromatic heterocycles. The van der Waals surface area contributed by atoms with Crippen LogP contribution in [0.5, 0.6) is 5.75 Å². The van der Waals surface area contributed by atoms with Crippen LogP contribution in [0.1, 0.15) is 51.9 Å². The van der Waals surface area contributed by atoms with Crippen LogP contribution in [0.15, 0.2) is 18.3 Å². The van der Waals surface area contributed by atoms with Crippen molar-refractivity contribution in [2.24, 2.45) is 0 Å². The first kappa shape index (κ1) is 23.9. The lowest BCUT2D eigenvalue weighted by Crippen LogP contribution is -2.61. The average molecular weight is 419 g/mol. The molecule has 4 rings (SSSR count). The monoisotopic (exact) mass is 418 g/mol. The summed E-state index contributed by atoms with van der Waals surface area (Å²) in [7, 11) is 1.71. The Morgan fingerprint density at radius 1 is 1.27 bits per heavy atom. The van der Waals surface area contributed by atoms with Gasteiger partial charge in [0.05, 0.1) is 36.6 Å². The second-order valence-corrected chi connectivity index (χ2v) is 8.29. The van der Waals surface area contributed by atoms with E-state index in [2.05, 4.69) is 5.32 Å². The minimum absolute atomic E-state index is 0.0204. The summed E-state index contributed by atoms with van der Waals surface area (Å²) in [6.45, 7) is 13.6.